The van der Waals surface area contributed by atoms with Crippen molar-refractivity contribution in [1.82, 2.24) is 14.8 Å². The molecule has 1 fully saturated rings. The summed E-state index contributed by atoms with van der Waals surface area (Å²) in [5.41, 5.74) is 1.80. The number of ether oxygens (including phenoxy) is 1. The molecule has 25 heavy (non-hydrogen) atoms. The van der Waals surface area contributed by atoms with Gasteiger partial charge in [-0.2, -0.15) is 0 Å². The van der Waals surface area contributed by atoms with Crippen LogP contribution in [0.1, 0.15) is 34.9 Å². The van der Waals surface area contributed by atoms with Crippen molar-refractivity contribution in [2.24, 2.45) is 0 Å². The second kappa shape index (κ2) is 7.97. The molecule has 0 radical (unpaired) electrons. The van der Waals surface area contributed by atoms with Gasteiger partial charge in [0.2, 0.25) is 0 Å². The molecule has 1 aromatic heterocycles. The topological polar surface area (TPSA) is 45.7 Å². The maximum absolute atomic E-state index is 12.7. The van der Waals surface area contributed by atoms with Crippen LogP contribution in [0.25, 0.3) is 0 Å². The average molecular weight is 359 g/mol. The summed E-state index contributed by atoms with van der Waals surface area (Å²) >= 11 is 1.71. The summed E-state index contributed by atoms with van der Waals surface area (Å²) < 4.78 is 5.63. The number of hydrogen-bond donors (Lipinski definition) is 0. The van der Waals surface area contributed by atoms with Gasteiger partial charge in [-0.05, 0) is 45.0 Å². The number of hydrogen-bond acceptors (Lipinski definition) is 5. The Balaban J connectivity index is 1.52. The molecule has 6 heteroatoms. The molecule has 1 aromatic carbocycles. The van der Waals surface area contributed by atoms with Gasteiger partial charge in [-0.25, -0.2) is 4.98 Å². The number of aromatic nitrogens is 1. The molecule has 0 spiro atoms. The predicted molar refractivity (Wildman–Crippen MR) is 100 cm³/mol. The van der Waals surface area contributed by atoms with Crippen molar-refractivity contribution in [2.75, 3.05) is 26.2 Å². The number of carbonyl (C=O) groups is 1. The Kier molecular flexibility index (Phi) is 5.71. The number of benzene rings is 1. The van der Waals surface area contributed by atoms with Gasteiger partial charge in [-0.1, -0.05) is 0 Å². The lowest BCUT2D eigenvalue weighted by Crippen LogP contribution is -2.48. The highest BCUT2D eigenvalue weighted by Gasteiger charge is 2.22. The van der Waals surface area contributed by atoms with Gasteiger partial charge in [0.05, 0.1) is 12.6 Å². The molecular weight excluding hydrogens is 334 g/mol. The SMILES string of the molecule is Cc1csc(CN2CCN(C(=O)c3ccc(OC(C)C)cc3)CC2)n1. The highest BCUT2D eigenvalue weighted by Crippen LogP contribution is 2.17. The predicted octanol–water partition coefficient (Wildman–Crippen LogP) is 3.20. The van der Waals surface area contributed by atoms with Crippen molar-refractivity contribution in [3.05, 3.63) is 45.9 Å². The molecule has 1 aliphatic heterocycles. The van der Waals surface area contributed by atoms with Gasteiger partial charge in [-0.3, -0.25) is 9.69 Å². The van der Waals surface area contributed by atoms with Crippen LogP contribution in [0.4, 0.5) is 0 Å². The molecule has 0 saturated carbocycles. The van der Waals surface area contributed by atoms with Gasteiger partial charge in [-0.15, -0.1) is 11.3 Å². The summed E-state index contributed by atoms with van der Waals surface area (Å²) in [7, 11) is 0. The average Bonchev–Trinajstić information content (AvgIpc) is 3.00. The number of rotatable bonds is 5. The van der Waals surface area contributed by atoms with E-state index < -0.39 is 0 Å². The van der Waals surface area contributed by atoms with Crippen LogP contribution < -0.4 is 4.74 Å². The van der Waals surface area contributed by atoms with E-state index in [0.717, 1.165) is 54.7 Å². The molecule has 1 saturated heterocycles. The maximum atomic E-state index is 12.7. The van der Waals surface area contributed by atoms with Crippen LogP contribution in [0.3, 0.4) is 0 Å². The number of piperazine rings is 1. The van der Waals surface area contributed by atoms with E-state index in [1.807, 2.05) is 49.9 Å². The standard InChI is InChI=1S/C19H25N3O2S/c1-14(2)24-17-6-4-16(5-7-17)19(23)22-10-8-21(9-11-22)12-18-20-15(3)13-25-18/h4-7,13-14H,8-12H2,1-3H3. The first-order valence-electron chi connectivity index (χ1n) is 8.70. The Morgan fingerprint density at radius 2 is 1.88 bits per heavy atom. The Morgan fingerprint density at radius 3 is 2.44 bits per heavy atom. The molecule has 1 aliphatic rings. The summed E-state index contributed by atoms with van der Waals surface area (Å²) in [4.78, 5) is 21.5. The van der Waals surface area contributed by atoms with E-state index in [4.69, 9.17) is 4.74 Å². The molecule has 2 heterocycles. The largest absolute Gasteiger partial charge is 0.491 e. The second-order valence-corrected chi connectivity index (χ2v) is 7.58. The first-order chi connectivity index (χ1) is 12.0. The lowest BCUT2D eigenvalue weighted by molar-refractivity contribution is 0.0628. The van der Waals surface area contributed by atoms with Gasteiger partial charge >= 0.3 is 0 Å². The summed E-state index contributed by atoms with van der Waals surface area (Å²) in [6, 6.07) is 7.44. The Hall–Kier alpha value is -1.92. The fraction of sp³-hybridized carbons (Fsp3) is 0.474. The summed E-state index contributed by atoms with van der Waals surface area (Å²) in [5.74, 6) is 0.899. The van der Waals surface area contributed by atoms with Crippen molar-refractivity contribution >= 4 is 17.2 Å². The minimum absolute atomic E-state index is 0.0980. The summed E-state index contributed by atoms with van der Waals surface area (Å²) in [5, 5.41) is 3.24. The zero-order valence-electron chi connectivity index (χ0n) is 15.1. The van der Waals surface area contributed by atoms with Crippen molar-refractivity contribution in [2.45, 2.75) is 33.4 Å². The third-order valence-corrected chi connectivity index (χ3v) is 5.11. The Morgan fingerprint density at radius 1 is 1.20 bits per heavy atom. The zero-order chi connectivity index (χ0) is 17.8. The van der Waals surface area contributed by atoms with E-state index in [0.29, 0.717) is 0 Å². The first kappa shape index (κ1) is 17.9. The molecular formula is C19H25N3O2S. The van der Waals surface area contributed by atoms with E-state index in [9.17, 15) is 4.79 Å². The number of carbonyl (C=O) groups excluding carboxylic acids is 1. The van der Waals surface area contributed by atoms with Crippen LogP contribution in [0.15, 0.2) is 29.6 Å². The molecule has 1 amide bonds. The van der Waals surface area contributed by atoms with E-state index in [2.05, 4.69) is 15.3 Å². The monoisotopic (exact) mass is 359 g/mol. The number of amides is 1. The fourth-order valence-corrected chi connectivity index (χ4v) is 3.72. The maximum Gasteiger partial charge on any atom is 0.253 e. The third kappa shape index (κ3) is 4.80. The number of thiazole rings is 1. The zero-order valence-corrected chi connectivity index (χ0v) is 15.9. The van der Waals surface area contributed by atoms with Crippen molar-refractivity contribution in [1.29, 1.82) is 0 Å². The van der Waals surface area contributed by atoms with Gasteiger partial charge in [0.25, 0.3) is 5.91 Å². The minimum Gasteiger partial charge on any atom is -0.491 e. The summed E-state index contributed by atoms with van der Waals surface area (Å²) in [6.07, 6.45) is 0.135. The molecule has 134 valence electrons. The lowest BCUT2D eigenvalue weighted by atomic mass is 10.1. The summed E-state index contributed by atoms with van der Waals surface area (Å²) in [6.45, 7) is 10.2. The van der Waals surface area contributed by atoms with Crippen molar-refractivity contribution in [3.63, 3.8) is 0 Å². The molecule has 0 unspecified atom stereocenters. The van der Waals surface area contributed by atoms with E-state index in [1.54, 1.807) is 11.3 Å². The van der Waals surface area contributed by atoms with Crippen LogP contribution >= 0.6 is 11.3 Å². The van der Waals surface area contributed by atoms with Crippen molar-refractivity contribution in [3.8, 4) is 5.75 Å². The molecule has 0 N–H and O–H groups in total. The lowest BCUT2D eigenvalue weighted by Gasteiger charge is -2.34. The molecule has 3 rings (SSSR count). The minimum atomic E-state index is 0.0980. The van der Waals surface area contributed by atoms with Crippen LogP contribution in [0.2, 0.25) is 0 Å². The first-order valence-corrected chi connectivity index (χ1v) is 9.58. The van der Waals surface area contributed by atoms with E-state index in [-0.39, 0.29) is 12.0 Å². The fourth-order valence-electron chi connectivity index (χ4n) is 2.91. The highest BCUT2D eigenvalue weighted by molar-refractivity contribution is 7.09. The van der Waals surface area contributed by atoms with Gasteiger partial charge < -0.3 is 9.64 Å². The number of aryl methyl sites for hydroxylation is 1. The highest BCUT2D eigenvalue weighted by atomic mass is 32.1. The smallest absolute Gasteiger partial charge is 0.253 e. The van der Waals surface area contributed by atoms with E-state index >= 15 is 0 Å². The molecule has 0 bridgehead atoms. The molecule has 0 aliphatic carbocycles. The van der Waals surface area contributed by atoms with Gasteiger partial charge in [0.1, 0.15) is 10.8 Å². The molecule has 2 aromatic rings. The third-order valence-electron chi connectivity index (χ3n) is 4.16. The normalized spacial score (nSPS) is 15.6. The van der Waals surface area contributed by atoms with Gasteiger partial charge in [0.15, 0.2) is 0 Å². The quantitative estimate of drug-likeness (QED) is 0.822. The van der Waals surface area contributed by atoms with Crippen LogP contribution in [0.5, 0.6) is 5.75 Å². The number of nitrogens with zero attached hydrogens (tertiary/aromatic N) is 3. The van der Waals surface area contributed by atoms with Crippen molar-refractivity contribution < 1.29 is 9.53 Å². The Labute approximate surface area is 153 Å². The van der Waals surface area contributed by atoms with Crippen LogP contribution in [-0.4, -0.2) is 53.0 Å². The molecule has 5 nitrogen and oxygen atoms in total. The van der Waals surface area contributed by atoms with Gasteiger partial charge in [0, 0.05) is 42.8 Å². The molecule has 0 atom stereocenters. The second-order valence-electron chi connectivity index (χ2n) is 6.64. The Bertz CT molecular complexity index is 704. The van der Waals surface area contributed by atoms with Crippen LogP contribution in [0, 0.1) is 6.92 Å². The van der Waals surface area contributed by atoms with E-state index in [1.165, 1.54) is 0 Å². The van der Waals surface area contributed by atoms with Crippen LogP contribution in [-0.2, 0) is 6.54 Å².